The monoisotopic (exact) mass is 364 g/mol. The van der Waals surface area contributed by atoms with E-state index in [2.05, 4.69) is 6.92 Å². The average molecular weight is 364 g/mol. The zero-order valence-corrected chi connectivity index (χ0v) is 14.8. The van der Waals surface area contributed by atoms with Crippen LogP contribution in [0.4, 0.5) is 17.6 Å². The lowest BCUT2D eigenvalue weighted by atomic mass is 9.80. The van der Waals surface area contributed by atoms with Gasteiger partial charge in [-0.1, -0.05) is 19.8 Å². The second-order valence-electron chi connectivity index (χ2n) is 7.49. The van der Waals surface area contributed by atoms with Crippen molar-refractivity contribution >= 4 is 5.97 Å². The number of hydrogen-bond acceptors (Lipinski definition) is 2. The van der Waals surface area contributed by atoms with Crippen molar-refractivity contribution in [3.8, 4) is 0 Å². The second-order valence-corrected chi connectivity index (χ2v) is 7.49. The van der Waals surface area contributed by atoms with Crippen LogP contribution in [-0.4, -0.2) is 18.2 Å². The Morgan fingerprint density at radius 2 is 1.56 bits per heavy atom. The van der Waals surface area contributed by atoms with Gasteiger partial charge in [-0.25, -0.2) is 4.39 Å². The molecule has 2 aliphatic carbocycles. The van der Waals surface area contributed by atoms with Gasteiger partial charge in [-0.15, -0.1) is 0 Å². The number of alkyl halides is 3. The van der Waals surface area contributed by atoms with Crippen LogP contribution >= 0.6 is 0 Å². The molecule has 0 atom stereocenters. The SMILES string of the molecule is CCCC1CCC(C(=O)OC2CCC(C(F)=CC(F)(F)F)CC2)CC1. The Bertz CT molecular complexity index is 457. The Labute approximate surface area is 147 Å². The molecule has 0 aromatic rings. The molecule has 0 N–H and O–H groups in total. The number of carbonyl (C=O) groups excluding carboxylic acids is 1. The van der Waals surface area contributed by atoms with Crippen LogP contribution in [-0.2, 0) is 9.53 Å². The minimum atomic E-state index is -4.62. The van der Waals surface area contributed by atoms with Crippen LogP contribution in [0.15, 0.2) is 11.9 Å². The number of carbonyl (C=O) groups is 1. The van der Waals surface area contributed by atoms with Gasteiger partial charge in [0.25, 0.3) is 0 Å². The van der Waals surface area contributed by atoms with Crippen molar-refractivity contribution in [2.45, 2.75) is 83.4 Å². The molecular formula is C19H28F4O2. The largest absolute Gasteiger partial charge is 0.462 e. The van der Waals surface area contributed by atoms with Crippen LogP contribution in [0.25, 0.3) is 0 Å². The Morgan fingerprint density at radius 1 is 1.00 bits per heavy atom. The highest BCUT2D eigenvalue weighted by Crippen LogP contribution is 2.36. The molecule has 0 radical (unpaired) electrons. The average Bonchev–Trinajstić information content (AvgIpc) is 2.55. The maximum absolute atomic E-state index is 13.6. The fourth-order valence-electron chi connectivity index (χ4n) is 4.09. The van der Waals surface area contributed by atoms with E-state index in [1.807, 2.05) is 0 Å². The lowest BCUT2D eigenvalue weighted by molar-refractivity contribution is -0.157. The topological polar surface area (TPSA) is 26.3 Å². The smallest absolute Gasteiger partial charge is 0.412 e. The van der Waals surface area contributed by atoms with E-state index in [0.717, 1.165) is 25.7 Å². The first kappa shape index (κ1) is 20.2. The van der Waals surface area contributed by atoms with E-state index in [9.17, 15) is 22.4 Å². The summed E-state index contributed by atoms with van der Waals surface area (Å²) >= 11 is 0. The van der Waals surface area contributed by atoms with Crippen LogP contribution in [0, 0.1) is 17.8 Å². The third-order valence-corrected chi connectivity index (χ3v) is 5.53. The number of esters is 1. The van der Waals surface area contributed by atoms with E-state index in [-0.39, 0.29) is 24.1 Å². The maximum atomic E-state index is 13.6. The third kappa shape index (κ3) is 6.63. The first-order valence-electron chi connectivity index (χ1n) is 9.44. The lowest BCUT2D eigenvalue weighted by Gasteiger charge is -2.31. The first-order chi connectivity index (χ1) is 11.8. The van der Waals surface area contributed by atoms with Crippen molar-refractivity contribution in [3.05, 3.63) is 11.9 Å². The van der Waals surface area contributed by atoms with Crippen molar-refractivity contribution in [2.75, 3.05) is 0 Å². The van der Waals surface area contributed by atoms with Crippen molar-refractivity contribution in [1.29, 1.82) is 0 Å². The molecule has 144 valence electrons. The van der Waals surface area contributed by atoms with E-state index >= 15 is 0 Å². The molecule has 0 aromatic heterocycles. The van der Waals surface area contributed by atoms with Crippen LogP contribution < -0.4 is 0 Å². The van der Waals surface area contributed by atoms with Gasteiger partial charge in [0.2, 0.25) is 0 Å². The van der Waals surface area contributed by atoms with Crippen LogP contribution in [0.5, 0.6) is 0 Å². The van der Waals surface area contributed by atoms with Gasteiger partial charge in [0.05, 0.1) is 12.0 Å². The molecule has 0 aliphatic heterocycles. The molecule has 0 amide bonds. The van der Waals surface area contributed by atoms with Crippen LogP contribution in [0.2, 0.25) is 0 Å². The number of ether oxygens (including phenoxy) is 1. The summed E-state index contributed by atoms with van der Waals surface area (Å²) in [5, 5.41) is 0. The quantitative estimate of drug-likeness (QED) is 0.434. The molecule has 2 rings (SSSR count). The molecule has 0 bridgehead atoms. The van der Waals surface area contributed by atoms with Gasteiger partial charge in [-0.3, -0.25) is 4.79 Å². The first-order valence-corrected chi connectivity index (χ1v) is 9.44. The Kier molecular flexibility index (Phi) is 7.32. The highest BCUT2D eigenvalue weighted by atomic mass is 19.4. The van der Waals surface area contributed by atoms with E-state index in [0.29, 0.717) is 31.6 Å². The predicted molar refractivity (Wildman–Crippen MR) is 87.4 cm³/mol. The van der Waals surface area contributed by atoms with Crippen molar-refractivity contribution in [2.24, 2.45) is 17.8 Å². The summed E-state index contributed by atoms with van der Waals surface area (Å²) in [7, 11) is 0. The van der Waals surface area contributed by atoms with E-state index in [4.69, 9.17) is 4.74 Å². The fourth-order valence-corrected chi connectivity index (χ4v) is 4.09. The van der Waals surface area contributed by atoms with Gasteiger partial charge >= 0.3 is 12.1 Å². The molecule has 6 heteroatoms. The molecule has 0 heterocycles. The highest BCUT2D eigenvalue weighted by molar-refractivity contribution is 5.72. The predicted octanol–water partition coefficient (Wildman–Crippen LogP) is 6.11. The number of rotatable bonds is 5. The molecule has 0 aromatic carbocycles. The Balaban J connectivity index is 1.73. The second kappa shape index (κ2) is 9.04. The number of halogens is 4. The summed E-state index contributed by atoms with van der Waals surface area (Å²) in [4.78, 5) is 12.3. The zero-order chi connectivity index (χ0) is 18.4. The fraction of sp³-hybridized carbons (Fsp3) is 0.842. The number of hydrogen-bond donors (Lipinski definition) is 0. The van der Waals surface area contributed by atoms with Crippen molar-refractivity contribution < 1.29 is 27.1 Å². The minimum absolute atomic E-state index is 0.0484. The summed E-state index contributed by atoms with van der Waals surface area (Å²) in [5.74, 6) is -1.32. The van der Waals surface area contributed by atoms with E-state index in [1.165, 1.54) is 12.8 Å². The summed E-state index contributed by atoms with van der Waals surface area (Å²) in [6, 6.07) is 0. The van der Waals surface area contributed by atoms with E-state index in [1.54, 1.807) is 0 Å². The molecule has 2 fully saturated rings. The van der Waals surface area contributed by atoms with Gasteiger partial charge in [-0.2, -0.15) is 13.2 Å². The summed E-state index contributed by atoms with van der Waals surface area (Å²) in [6.45, 7) is 2.17. The van der Waals surface area contributed by atoms with Gasteiger partial charge in [0.15, 0.2) is 0 Å². The van der Waals surface area contributed by atoms with Gasteiger partial charge < -0.3 is 4.74 Å². The van der Waals surface area contributed by atoms with E-state index < -0.39 is 17.9 Å². The van der Waals surface area contributed by atoms with Gasteiger partial charge in [-0.05, 0) is 57.3 Å². The molecule has 25 heavy (non-hydrogen) atoms. The third-order valence-electron chi connectivity index (χ3n) is 5.53. The molecular weight excluding hydrogens is 336 g/mol. The maximum Gasteiger partial charge on any atom is 0.412 e. The zero-order valence-electron chi connectivity index (χ0n) is 14.8. The van der Waals surface area contributed by atoms with Gasteiger partial charge in [0.1, 0.15) is 11.9 Å². The van der Waals surface area contributed by atoms with Gasteiger partial charge in [0, 0.05) is 5.92 Å². The standard InChI is InChI=1S/C19H28F4O2/c1-2-3-13-4-6-15(7-5-13)18(24)25-16-10-8-14(9-11-16)17(20)12-19(21,22)23/h12-16H,2-11H2,1H3. The van der Waals surface area contributed by atoms with Crippen LogP contribution in [0.3, 0.4) is 0 Å². The molecule has 2 nitrogen and oxygen atoms in total. The lowest BCUT2D eigenvalue weighted by Crippen LogP contribution is -2.30. The normalized spacial score (nSPS) is 31.6. The summed E-state index contributed by atoms with van der Waals surface area (Å²) in [6.07, 6.45) is 2.52. The summed E-state index contributed by atoms with van der Waals surface area (Å²) in [5.41, 5.74) is 0. The van der Waals surface area contributed by atoms with Crippen molar-refractivity contribution in [1.82, 2.24) is 0 Å². The molecule has 0 saturated heterocycles. The minimum Gasteiger partial charge on any atom is -0.462 e. The molecule has 0 unspecified atom stereocenters. The molecule has 2 aliphatic rings. The van der Waals surface area contributed by atoms with Crippen molar-refractivity contribution in [3.63, 3.8) is 0 Å². The van der Waals surface area contributed by atoms with Crippen LogP contribution in [0.1, 0.15) is 71.1 Å². The summed E-state index contributed by atoms with van der Waals surface area (Å²) < 4.78 is 55.8. The molecule has 2 saturated carbocycles. The Morgan fingerprint density at radius 3 is 2.08 bits per heavy atom. The number of allylic oxidation sites excluding steroid dienone is 2. The molecule has 0 spiro atoms. The Hall–Kier alpha value is -1.07. The highest BCUT2D eigenvalue weighted by Gasteiger charge is 2.33.